The van der Waals surface area contributed by atoms with Gasteiger partial charge in [-0.25, -0.2) is 0 Å². The van der Waals surface area contributed by atoms with E-state index >= 15 is 0 Å². The fourth-order valence-corrected chi connectivity index (χ4v) is 2.28. The monoisotopic (exact) mass is 319 g/mol. The summed E-state index contributed by atoms with van der Waals surface area (Å²) in [7, 11) is 0. The first-order valence-corrected chi connectivity index (χ1v) is 6.83. The number of nitro benzene ring substituents is 1. The minimum atomic E-state index is -0.698. The van der Waals surface area contributed by atoms with Gasteiger partial charge in [0.25, 0.3) is 5.69 Å². The summed E-state index contributed by atoms with van der Waals surface area (Å²) in [4.78, 5) is 21.7. The number of hydrogen-bond donors (Lipinski definition) is 2. The van der Waals surface area contributed by atoms with E-state index in [1.54, 1.807) is 18.2 Å². The molecule has 0 spiro atoms. The van der Waals surface area contributed by atoms with Gasteiger partial charge in [-0.3, -0.25) is 14.9 Å². The van der Waals surface area contributed by atoms with Crippen molar-refractivity contribution < 1.29 is 9.72 Å². The van der Waals surface area contributed by atoms with Crippen molar-refractivity contribution in [1.82, 2.24) is 0 Å². The van der Waals surface area contributed by atoms with Gasteiger partial charge in [0.05, 0.1) is 4.92 Å². The van der Waals surface area contributed by atoms with E-state index in [4.69, 9.17) is 17.3 Å². The second-order valence-electron chi connectivity index (χ2n) is 4.78. The molecule has 0 atom stereocenters. The van der Waals surface area contributed by atoms with Crippen molar-refractivity contribution in [2.24, 2.45) is 5.73 Å². The average molecular weight is 320 g/mol. The lowest BCUT2D eigenvalue weighted by Crippen LogP contribution is -2.12. The molecule has 114 valence electrons. The standard InChI is InChI=1S/C15H14ClN3O3/c1-9-6-12(16)4-5-13(9)18-8-11-3-2-10(15(17)20)7-14(11)19(21)22/h2-7,18H,8H2,1H3,(H2,17,20). The molecule has 1 amide bonds. The second kappa shape index (κ2) is 6.44. The zero-order valence-corrected chi connectivity index (χ0v) is 12.6. The molecule has 7 heteroatoms. The van der Waals surface area contributed by atoms with Gasteiger partial charge >= 0.3 is 0 Å². The minimum Gasteiger partial charge on any atom is -0.380 e. The summed E-state index contributed by atoms with van der Waals surface area (Å²) in [5.41, 5.74) is 7.34. The van der Waals surface area contributed by atoms with Crippen LogP contribution in [0.5, 0.6) is 0 Å². The lowest BCUT2D eigenvalue weighted by molar-refractivity contribution is -0.385. The quantitative estimate of drug-likeness (QED) is 0.652. The topological polar surface area (TPSA) is 98.3 Å². The normalized spacial score (nSPS) is 10.3. The number of aryl methyl sites for hydroxylation is 1. The highest BCUT2D eigenvalue weighted by Gasteiger charge is 2.16. The summed E-state index contributed by atoms with van der Waals surface area (Å²) in [6.45, 7) is 2.14. The third-order valence-electron chi connectivity index (χ3n) is 3.22. The molecule has 0 aliphatic heterocycles. The highest BCUT2D eigenvalue weighted by molar-refractivity contribution is 6.30. The maximum Gasteiger partial charge on any atom is 0.275 e. The van der Waals surface area contributed by atoms with Crippen LogP contribution < -0.4 is 11.1 Å². The number of amides is 1. The molecule has 0 bridgehead atoms. The van der Waals surface area contributed by atoms with Crippen LogP contribution in [-0.2, 0) is 6.54 Å². The zero-order valence-electron chi connectivity index (χ0n) is 11.8. The van der Waals surface area contributed by atoms with Crippen LogP contribution in [0.15, 0.2) is 36.4 Å². The van der Waals surface area contributed by atoms with Gasteiger partial charge in [0.2, 0.25) is 5.91 Å². The van der Waals surface area contributed by atoms with Crippen LogP contribution in [0.1, 0.15) is 21.5 Å². The van der Waals surface area contributed by atoms with Gasteiger partial charge in [0, 0.05) is 34.4 Å². The molecule has 0 saturated heterocycles. The van der Waals surface area contributed by atoms with Crippen LogP contribution in [0.3, 0.4) is 0 Å². The van der Waals surface area contributed by atoms with E-state index < -0.39 is 10.8 Å². The molecule has 0 aliphatic carbocycles. The van der Waals surface area contributed by atoms with E-state index in [0.29, 0.717) is 10.6 Å². The summed E-state index contributed by atoms with van der Waals surface area (Å²) in [6.07, 6.45) is 0. The van der Waals surface area contributed by atoms with Crippen molar-refractivity contribution in [3.05, 3.63) is 68.2 Å². The molecular formula is C15H14ClN3O3. The number of hydrogen-bond acceptors (Lipinski definition) is 4. The van der Waals surface area contributed by atoms with E-state index in [9.17, 15) is 14.9 Å². The Bertz CT molecular complexity index is 747. The smallest absolute Gasteiger partial charge is 0.275 e. The number of carbonyl (C=O) groups excluding carboxylic acids is 1. The fraction of sp³-hybridized carbons (Fsp3) is 0.133. The van der Waals surface area contributed by atoms with Crippen molar-refractivity contribution in [3.63, 3.8) is 0 Å². The SMILES string of the molecule is Cc1cc(Cl)ccc1NCc1ccc(C(N)=O)cc1[N+](=O)[O-]. The van der Waals surface area contributed by atoms with E-state index in [-0.39, 0.29) is 17.8 Å². The predicted octanol–water partition coefficient (Wildman–Crippen LogP) is 3.27. The number of anilines is 1. The summed E-state index contributed by atoms with van der Waals surface area (Å²) < 4.78 is 0. The van der Waals surface area contributed by atoms with Gasteiger partial charge < -0.3 is 11.1 Å². The van der Waals surface area contributed by atoms with Crippen LogP contribution in [0.25, 0.3) is 0 Å². The van der Waals surface area contributed by atoms with Crippen LogP contribution in [-0.4, -0.2) is 10.8 Å². The molecule has 0 radical (unpaired) electrons. The number of rotatable bonds is 5. The number of nitrogens with one attached hydrogen (secondary N) is 1. The summed E-state index contributed by atoms with van der Waals surface area (Å²) in [5.74, 6) is -0.698. The van der Waals surface area contributed by atoms with Crippen molar-refractivity contribution in [2.75, 3.05) is 5.32 Å². The minimum absolute atomic E-state index is 0.109. The Morgan fingerprint density at radius 2 is 2.05 bits per heavy atom. The van der Waals surface area contributed by atoms with Crippen molar-refractivity contribution >= 4 is 28.9 Å². The Balaban J connectivity index is 2.25. The number of nitro groups is 1. The number of halogens is 1. The maximum absolute atomic E-state index is 11.1. The molecule has 0 unspecified atom stereocenters. The number of nitrogens with zero attached hydrogens (tertiary/aromatic N) is 1. The second-order valence-corrected chi connectivity index (χ2v) is 5.21. The molecule has 0 saturated carbocycles. The summed E-state index contributed by atoms with van der Waals surface area (Å²) >= 11 is 5.89. The highest BCUT2D eigenvalue weighted by Crippen LogP contribution is 2.24. The molecule has 0 aliphatic rings. The van der Waals surface area contributed by atoms with Crippen molar-refractivity contribution in [3.8, 4) is 0 Å². The molecule has 0 fully saturated rings. The number of carbonyl (C=O) groups is 1. The Kier molecular flexibility index (Phi) is 4.62. The number of nitrogens with two attached hydrogens (primary N) is 1. The third kappa shape index (κ3) is 3.53. The van der Waals surface area contributed by atoms with Crippen LogP contribution in [0, 0.1) is 17.0 Å². The fourth-order valence-electron chi connectivity index (χ4n) is 2.05. The first kappa shape index (κ1) is 15.8. The van der Waals surface area contributed by atoms with E-state index in [2.05, 4.69) is 5.32 Å². The van der Waals surface area contributed by atoms with Gasteiger partial charge in [0.1, 0.15) is 0 Å². The van der Waals surface area contributed by atoms with Crippen LogP contribution in [0.4, 0.5) is 11.4 Å². The summed E-state index contributed by atoms with van der Waals surface area (Å²) in [6, 6.07) is 9.53. The number of primary amides is 1. The summed E-state index contributed by atoms with van der Waals surface area (Å²) in [5, 5.41) is 14.9. The van der Waals surface area contributed by atoms with Gasteiger partial charge in [-0.15, -0.1) is 0 Å². The third-order valence-corrected chi connectivity index (χ3v) is 3.46. The maximum atomic E-state index is 11.1. The molecule has 3 N–H and O–H groups in total. The Hall–Kier alpha value is -2.60. The Labute approximate surface area is 132 Å². The molecule has 2 aromatic carbocycles. The van der Waals surface area contributed by atoms with Gasteiger partial charge in [-0.05, 0) is 42.8 Å². The average Bonchev–Trinajstić information content (AvgIpc) is 2.46. The lowest BCUT2D eigenvalue weighted by atomic mass is 10.1. The molecule has 2 rings (SSSR count). The Morgan fingerprint density at radius 3 is 2.64 bits per heavy atom. The van der Waals surface area contributed by atoms with Crippen molar-refractivity contribution in [1.29, 1.82) is 0 Å². The number of benzene rings is 2. The van der Waals surface area contributed by atoms with E-state index in [1.165, 1.54) is 18.2 Å². The van der Waals surface area contributed by atoms with Gasteiger partial charge in [-0.2, -0.15) is 0 Å². The molecule has 6 nitrogen and oxygen atoms in total. The van der Waals surface area contributed by atoms with Crippen LogP contribution in [0.2, 0.25) is 5.02 Å². The van der Waals surface area contributed by atoms with Crippen molar-refractivity contribution in [2.45, 2.75) is 13.5 Å². The first-order chi connectivity index (χ1) is 10.4. The molecule has 0 heterocycles. The van der Waals surface area contributed by atoms with Gasteiger partial charge in [-0.1, -0.05) is 11.6 Å². The predicted molar refractivity (Wildman–Crippen MR) is 85.1 cm³/mol. The van der Waals surface area contributed by atoms with Crippen LogP contribution >= 0.6 is 11.6 Å². The molecule has 2 aromatic rings. The molecule has 22 heavy (non-hydrogen) atoms. The Morgan fingerprint density at radius 1 is 1.32 bits per heavy atom. The first-order valence-electron chi connectivity index (χ1n) is 6.45. The molecule has 0 aromatic heterocycles. The highest BCUT2D eigenvalue weighted by atomic mass is 35.5. The molecular weight excluding hydrogens is 306 g/mol. The largest absolute Gasteiger partial charge is 0.380 e. The van der Waals surface area contributed by atoms with E-state index in [1.807, 2.05) is 6.92 Å². The van der Waals surface area contributed by atoms with Gasteiger partial charge in [0.15, 0.2) is 0 Å². The lowest BCUT2D eigenvalue weighted by Gasteiger charge is -2.10. The van der Waals surface area contributed by atoms with E-state index in [0.717, 1.165) is 11.3 Å². The zero-order chi connectivity index (χ0) is 16.3.